The summed E-state index contributed by atoms with van der Waals surface area (Å²) < 4.78 is 45.2. The molecule has 0 fully saturated rings. The molecule has 0 aliphatic rings. The third-order valence-corrected chi connectivity index (χ3v) is 3.87. The van der Waals surface area contributed by atoms with Crippen molar-refractivity contribution in [3.05, 3.63) is 59.7 Å². The van der Waals surface area contributed by atoms with Crippen molar-refractivity contribution in [1.29, 1.82) is 0 Å². The predicted octanol–water partition coefficient (Wildman–Crippen LogP) is 5.71. The molecule has 0 aliphatic carbocycles. The standard InChI is InChI=1S/C19H19F3O3/c1-3-13(4-2)14-5-7-15(8-6-14)18(23)24-16-9-11-17(12-10-16)25-19(20,21)22/h5-13H,3-4H2,1-2H3. The van der Waals surface area contributed by atoms with E-state index < -0.39 is 12.3 Å². The Labute approximate surface area is 144 Å². The first-order valence-electron chi connectivity index (χ1n) is 8.00. The second-order valence-corrected chi connectivity index (χ2v) is 5.54. The fraction of sp³-hybridized carbons (Fsp3) is 0.316. The van der Waals surface area contributed by atoms with E-state index in [2.05, 4.69) is 18.6 Å². The molecule has 0 atom stereocenters. The monoisotopic (exact) mass is 352 g/mol. The van der Waals surface area contributed by atoms with Gasteiger partial charge in [-0.25, -0.2) is 4.79 Å². The van der Waals surface area contributed by atoms with Crippen molar-refractivity contribution in [3.8, 4) is 11.5 Å². The maximum absolute atomic E-state index is 12.1. The van der Waals surface area contributed by atoms with Crippen molar-refractivity contribution in [2.75, 3.05) is 0 Å². The first kappa shape index (κ1) is 18.8. The van der Waals surface area contributed by atoms with E-state index in [0.717, 1.165) is 30.5 Å². The molecule has 0 saturated heterocycles. The van der Waals surface area contributed by atoms with Gasteiger partial charge in [0.15, 0.2) is 0 Å². The van der Waals surface area contributed by atoms with E-state index in [-0.39, 0.29) is 11.5 Å². The van der Waals surface area contributed by atoms with E-state index in [1.807, 2.05) is 12.1 Å². The quantitative estimate of drug-likeness (QED) is 0.493. The second-order valence-electron chi connectivity index (χ2n) is 5.54. The summed E-state index contributed by atoms with van der Waals surface area (Å²) in [5.41, 5.74) is 1.54. The number of rotatable bonds is 6. The van der Waals surface area contributed by atoms with Gasteiger partial charge >= 0.3 is 12.3 Å². The van der Waals surface area contributed by atoms with Gasteiger partial charge in [-0.15, -0.1) is 13.2 Å². The van der Waals surface area contributed by atoms with Crippen molar-refractivity contribution in [1.82, 2.24) is 0 Å². The number of halogens is 3. The van der Waals surface area contributed by atoms with E-state index in [9.17, 15) is 18.0 Å². The van der Waals surface area contributed by atoms with Crippen LogP contribution in [-0.2, 0) is 0 Å². The first-order valence-corrected chi connectivity index (χ1v) is 8.00. The van der Waals surface area contributed by atoms with Gasteiger partial charge in [-0.05, 0) is 60.7 Å². The Morgan fingerprint density at radius 2 is 1.44 bits per heavy atom. The van der Waals surface area contributed by atoms with Crippen LogP contribution in [0.15, 0.2) is 48.5 Å². The van der Waals surface area contributed by atoms with Crippen molar-refractivity contribution < 1.29 is 27.4 Å². The molecule has 0 radical (unpaired) electrons. The molecule has 6 heteroatoms. The average Bonchev–Trinajstić information content (AvgIpc) is 2.57. The highest BCUT2D eigenvalue weighted by Crippen LogP contribution is 2.26. The van der Waals surface area contributed by atoms with Gasteiger partial charge in [-0.1, -0.05) is 26.0 Å². The number of alkyl halides is 3. The molecule has 0 spiro atoms. The maximum Gasteiger partial charge on any atom is 0.573 e. The van der Waals surface area contributed by atoms with Crippen LogP contribution in [-0.4, -0.2) is 12.3 Å². The summed E-state index contributed by atoms with van der Waals surface area (Å²) in [6.07, 6.45) is -2.71. The highest BCUT2D eigenvalue weighted by atomic mass is 19.4. The zero-order valence-electron chi connectivity index (χ0n) is 14.0. The fourth-order valence-electron chi connectivity index (χ4n) is 2.53. The van der Waals surface area contributed by atoms with E-state index >= 15 is 0 Å². The second kappa shape index (κ2) is 8.05. The molecule has 0 heterocycles. The van der Waals surface area contributed by atoms with Crippen LogP contribution in [0.1, 0.15) is 48.5 Å². The van der Waals surface area contributed by atoms with E-state index in [1.165, 1.54) is 12.1 Å². The highest BCUT2D eigenvalue weighted by molar-refractivity contribution is 5.91. The number of esters is 1. The molecule has 0 amide bonds. The Hall–Kier alpha value is -2.50. The predicted molar refractivity (Wildman–Crippen MR) is 87.8 cm³/mol. The molecule has 2 rings (SSSR count). The zero-order valence-corrected chi connectivity index (χ0v) is 14.0. The Balaban J connectivity index is 2.02. The lowest BCUT2D eigenvalue weighted by Gasteiger charge is -2.13. The van der Waals surface area contributed by atoms with E-state index in [0.29, 0.717) is 11.5 Å². The van der Waals surface area contributed by atoms with E-state index in [4.69, 9.17) is 4.74 Å². The molecule has 2 aromatic carbocycles. The first-order chi connectivity index (χ1) is 11.8. The van der Waals surface area contributed by atoms with Crippen LogP contribution in [0, 0.1) is 0 Å². The Kier molecular flexibility index (Phi) is 6.07. The normalized spacial score (nSPS) is 11.4. The molecule has 25 heavy (non-hydrogen) atoms. The van der Waals surface area contributed by atoms with Gasteiger partial charge in [-0.2, -0.15) is 0 Å². The lowest BCUT2D eigenvalue weighted by atomic mass is 9.93. The van der Waals surface area contributed by atoms with Crippen molar-refractivity contribution in [2.45, 2.75) is 39.0 Å². The summed E-state index contributed by atoms with van der Waals surface area (Å²) in [6.45, 7) is 4.23. The smallest absolute Gasteiger partial charge is 0.423 e. The largest absolute Gasteiger partial charge is 0.573 e. The van der Waals surface area contributed by atoms with E-state index in [1.54, 1.807) is 12.1 Å². The summed E-state index contributed by atoms with van der Waals surface area (Å²) in [4.78, 5) is 12.1. The number of hydrogen-bond acceptors (Lipinski definition) is 3. The molecular formula is C19H19F3O3. The van der Waals surface area contributed by atoms with Gasteiger partial charge in [0.1, 0.15) is 11.5 Å². The molecule has 3 nitrogen and oxygen atoms in total. The van der Waals surface area contributed by atoms with Gasteiger partial charge in [0.2, 0.25) is 0 Å². The van der Waals surface area contributed by atoms with Crippen molar-refractivity contribution in [3.63, 3.8) is 0 Å². The number of hydrogen-bond donors (Lipinski definition) is 0. The van der Waals surface area contributed by atoms with Gasteiger partial charge in [0.25, 0.3) is 0 Å². The summed E-state index contributed by atoms with van der Waals surface area (Å²) in [5, 5.41) is 0. The van der Waals surface area contributed by atoms with Gasteiger partial charge < -0.3 is 9.47 Å². The van der Waals surface area contributed by atoms with Gasteiger partial charge in [0.05, 0.1) is 5.56 Å². The molecule has 0 N–H and O–H groups in total. The number of benzene rings is 2. The minimum absolute atomic E-state index is 0.142. The fourth-order valence-corrected chi connectivity index (χ4v) is 2.53. The number of carbonyl (C=O) groups is 1. The summed E-state index contributed by atoms with van der Waals surface area (Å²) in [5.74, 6) is -0.350. The Morgan fingerprint density at radius 3 is 1.92 bits per heavy atom. The highest BCUT2D eigenvalue weighted by Gasteiger charge is 2.31. The van der Waals surface area contributed by atoms with Crippen LogP contribution in [0.3, 0.4) is 0 Å². The van der Waals surface area contributed by atoms with Gasteiger partial charge in [0, 0.05) is 0 Å². The number of carbonyl (C=O) groups excluding carboxylic acids is 1. The lowest BCUT2D eigenvalue weighted by Crippen LogP contribution is -2.17. The van der Waals surface area contributed by atoms with Crippen LogP contribution in [0.4, 0.5) is 13.2 Å². The number of ether oxygens (including phenoxy) is 2. The molecule has 134 valence electrons. The van der Waals surface area contributed by atoms with Crippen molar-refractivity contribution >= 4 is 5.97 Å². The zero-order chi connectivity index (χ0) is 18.4. The third kappa shape index (κ3) is 5.52. The minimum atomic E-state index is -4.76. The van der Waals surface area contributed by atoms with Crippen LogP contribution >= 0.6 is 0 Å². The van der Waals surface area contributed by atoms with Gasteiger partial charge in [-0.3, -0.25) is 0 Å². The molecule has 0 unspecified atom stereocenters. The SMILES string of the molecule is CCC(CC)c1ccc(C(=O)Oc2ccc(OC(F)(F)F)cc2)cc1. The summed E-state index contributed by atoms with van der Waals surface area (Å²) in [6, 6.07) is 11.9. The lowest BCUT2D eigenvalue weighted by molar-refractivity contribution is -0.274. The van der Waals surface area contributed by atoms with Crippen LogP contribution < -0.4 is 9.47 Å². The molecule has 2 aromatic rings. The van der Waals surface area contributed by atoms with Crippen LogP contribution in [0.25, 0.3) is 0 Å². The Bertz CT molecular complexity index is 687. The van der Waals surface area contributed by atoms with Crippen LogP contribution in [0.2, 0.25) is 0 Å². The molecular weight excluding hydrogens is 333 g/mol. The topological polar surface area (TPSA) is 35.5 Å². The Morgan fingerprint density at radius 1 is 0.920 bits per heavy atom. The average molecular weight is 352 g/mol. The minimum Gasteiger partial charge on any atom is -0.423 e. The van der Waals surface area contributed by atoms with Crippen LogP contribution in [0.5, 0.6) is 11.5 Å². The molecule has 0 aromatic heterocycles. The molecule has 0 bridgehead atoms. The molecule has 0 aliphatic heterocycles. The van der Waals surface area contributed by atoms with Crippen molar-refractivity contribution in [2.24, 2.45) is 0 Å². The maximum atomic E-state index is 12.1. The summed E-state index contributed by atoms with van der Waals surface area (Å²) in [7, 11) is 0. The molecule has 0 saturated carbocycles. The summed E-state index contributed by atoms with van der Waals surface area (Å²) >= 11 is 0. The third-order valence-electron chi connectivity index (χ3n) is 3.87.